The monoisotopic (exact) mass is 496 g/mol. The van der Waals surface area contributed by atoms with E-state index in [9.17, 15) is 14.7 Å². The van der Waals surface area contributed by atoms with E-state index in [0.29, 0.717) is 41.5 Å². The number of likely N-dealkylation sites (tertiary alicyclic amines) is 1. The van der Waals surface area contributed by atoms with Gasteiger partial charge < -0.3 is 29.1 Å². The normalized spacial score (nSPS) is 17.2. The molecule has 8 nitrogen and oxygen atoms in total. The molecule has 1 atom stereocenters. The molecule has 194 valence electrons. The molecule has 1 saturated heterocycles. The average molecular weight is 497 g/mol. The van der Waals surface area contributed by atoms with Crippen LogP contribution in [0.25, 0.3) is 5.76 Å². The lowest BCUT2D eigenvalue weighted by Gasteiger charge is -2.28. The first-order valence-corrected chi connectivity index (χ1v) is 12.2. The van der Waals surface area contributed by atoms with Gasteiger partial charge in [0, 0.05) is 18.7 Å². The lowest BCUT2D eigenvalue weighted by atomic mass is 9.95. The van der Waals surface area contributed by atoms with Crippen molar-refractivity contribution in [2.75, 3.05) is 40.4 Å². The van der Waals surface area contributed by atoms with E-state index in [4.69, 9.17) is 14.2 Å². The fraction of sp³-hybridized carbons (Fsp3) is 0.429. The molecule has 0 spiro atoms. The van der Waals surface area contributed by atoms with Crippen LogP contribution in [0.3, 0.4) is 0 Å². The van der Waals surface area contributed by atoms with Crippen LogP contribution in [0.2, 0.25) is 0 Å². The SMILES string of the molecule is CCN(CC)CCN1C(=O)C(=O)/C(=C(/O)c2ccc(OC(C)C)cc2)[C@@H]1c1ccc(OC)c(OC)c1. The third-order valence-corrected chi connectivity index (χ3v) is 6.31. The fourth-order valence-corrected chi connectivity index (χ4v) is 4.39. The van der Waals surface area contributed by atoms with E-state index in [1.165, 1.54) is 12.0 Å². The summed E-state index contributed by atoms with van der Waals surface area (Å²) in [6.45, 7) is 10.5. The molecule has 2 aromatic rings. The molecule has 36 heavy (non-hydrogen) atoms. The zero-order valence-electron chi connectivity index (χ0n) is 21.9. The van der Waals surface area contributed by atoms with Crippen molar-refractivity contribution in [3.63, 3.8) is 0 Å². The predicted molar refractivity (Wildman–Crippen MR) is 139 cm³/mol. The molecule has 0 saturated carbocycles. The maximum atomic E-state index is 13.3. The van der Waals surface area contributed by atoms with Gasteiger partial charge in [0.05, 0.1) is 31.9 Å². The second-order valence-electron chi connectivity index (χ2n) is 8.82. The smallest absolute Gasteiger partial charge is 0.295 e. The first-order valence-electron chi connectivity index (χ1n) is 12.2. The quantitative estimate of drug-likeness (QED) is 0.283. The zero-order valence-corrected chi connectivity index (χ0v) is 21.9. The number of hydrogen-bond acceptors (Lipinski definition) is 7. The summed E-state index contributed by atoms with van der Waals surface area (Å²) in [7, 11) is 3.07. The van der Waals surface area contributed by atoms with Crippen LogP contribution in [0.1, 0.15) is 44.9 Å². The zero-order chi connectivity index (χ0) is 26.4. The summed E-state index contributed by atoms with van der Waals surface area (Å²) < 4.78 is 16.5. The third kappa shape index (κ3) is 5.65. The second kappa shape index (κ2) is 11.9. The number of aliphatic hydroxyl groups is 1. The molecule has 0 unspecified atom stereocenters. The molecule has 0 radical (unpaired) electrons. The lowest BCUT2D eigenvalue weighted by Crippen LogP contribution is -2.38. The molecule has 1 fully saturated rings. The highest BCUT2D eigenvalue weighted by molar-refractivity contribution is 6.46. The van der Waals surface area contributed by atoms with Gasteiger partial charge in [-0.05, 0) is 68.9 Å². The van der Waals surface area contributed by atoms with Crippen molar-refractivity contribution in [3.8, 4) is 17.2 Å². The highest BCUT2D eigenvalue weighted by atomic mass is 16.5. The highest BCUT2D eigenvalue weighted by Gasteiger charge is 2.46. The van der Waals surface area contributed by atoms with E-state index in [0.717, 1.165) is 13.1 Å². The number of carbonyl (C=O) groups excluding carboxylic acids is 2. The average Bonchev–Trinajstić information content (AvgIpc) is 3.13. The van der Waals surface area contributed by atoms with Gasteiger partial charge in [-0.25, -0.2) is 0 Å². The number of amides is 1. The van der Waals surface area contributed by atoms with Gasteiger partial charge in [-0.3, -0.25) is 9.59 Å². The maximum Gasteiger partial charge on any atom is 0.295 e. The standard InChI is InChI=1S/C28H36N2O6/c1-7-29(8-2)15-16-30-25(20-11-14-22(34-5)23(17-20)35-6)24(27(32)28(30)33)26(31)19-9-12-21(13-10-19)36-18(3)4/h9-14,17-18,25,31H,7-8,15-16H2,1-6H3/b26-24+/t25-/m0/s1. The number of aliphatic hydroxyl groups excluding tert-OH is 1. The van der Waals surface area contributed by atoms with Gasteiger partial charge in [0.1, 0.15) is 11.5 Å². The van der Waals surface area contributed by atoms with Gasteiger partial charge in [-0.1, -0.05) is 19.9 Å². The van der Waals surface area contributed by atoms with E-state index in [2.05, 4.69) is 18.7 Å². The minimum absolute atomic E-state index is 0.00521. The Morgan fingerprint density at radius 2 is 1.64 bits per heavy atom. The van der Waals surface area contributed by atoms with Gasteiger partial charge in [-0.2, -0.15) is 0 Å². The molecule has 1 aliphatic rings. The largest absolute Gasteiger partial charge is 0.507 e. The van der Waals surface area contributed by atoms with Gasteiger partial charge in [0.25, 0.3) is 11.7 Å². The summed E-state index contributed by atoms with van der Waals surface area (Å²) >= 11 is 0. The van der Waals surface area contributed by atoms with Crippen molar-refractivity contribution in [2.45, 2.75) is 39.8 Å². The summed E-state index contributed by atoms with van der Waals surface area (Å²) in [6, 6.07) is 11.3. The molecule has 0 aliphatic carbocycles. The Bertz CT molecular complexity index is 1110. The van der Waals surface area contributed by atoms with Crippen LogP contribution >= 0.6 is 0 Å². The minimum Gasteiger partial charge on any atom is -0.507 e. The molecule has 1 N–H and O–H groups in total. The molecular weight excluding hydrogens is 460 g/mol. The van der Waals surface area contributed by atoms with Crippen molar-refractivity contribution in [2.24, 2.45) is 0 Å². The highest BCUT2D eigenvalue weighted by Crippen LogP contribution is 2.42. The van der Waals surface area contributed by atoms with E-state index in [-0.39, 0.29) is 17.4 Å². The molecule has 8 heteroatoms. The number of Topliss-reactive ketones (excluding diaryl/α,β-unsaturated/α-hetero) is 1. The Balaban J connectivity index is 2.11. The number of nitrogens with zero attached hydrogens (tertiary/aromatic N) is 2. The number of ketones is 1. The van der Waals surface area contributed by atoms with Gasteiger partial charge in [0.15, 0.2) is 11.5 Å². The van der Waals surface area contributed by atoms with Gasteiger partial charge >= 0.3 is 0 Å². The minimum atomic E-state index is -0.771. The Hall–Kier alpha value is -3.52. The molecule has 1 aliphatic heterocycles. The molecule has 1 heterocycles. The Kier molecular flexibility index (Phi) is 8.98. The number of likely N-dealkylation sites (N-methyl/N-ethyl adjacent to an activating group) is 1. The van der Waals surface area contributed by atoms with Crippen LogP contribution in [-0.2, 0) is 9.59 Å². The molecule has 0 aromatic heterocycles. The van der Waals surface area contributed by atoms with Crippen LogP contribution in [0, 0.1) is 0 Å². The molecule has 1 amide bonds. The summed E-state index contributed by atoms with van der Waals surface area (Å²) in [6.07, 6.45) is 0.00521. The number of benzene rings is 2. The van der Waals surface area contributed by atoms with Crippen molar-refractivity contribution < 1.29 is 28.9 Å². The van der Waals surface area contributed by atoms with Crippen LogP contribution in [0.15, 0.2) is 48.0 Å². The van der Waals surface area contributed by atoms with Crippen molar-refractivity contribution in [3.05, 3.63) is 59.2 Å². The Morgan fingerprint density at radius 1 is 1.00 bits per heavy atom. The fourth-order valence-electron chi connectivity index (χ4n) is 4.39. The lowest BCUT2D eigenvalue weighted by molar-refractivity contribution is -0.140. The third-order valence-electron chi connectivity index (χ3n) is 6.31. The first-order chi connectivity index (χ1) is 17.2. The Labute approximate surface area is 213 Å². The Morgan fingerprint density at radius 3 is 2.19 bits per heavy atom. The van der Waals surface area contributed by atoms with Crippen LogP contribution < -0.4 is 14.2 Å². The van der Waals surface area contributed by atoms with Crippen molar-refractivity contribution in [1.82, 2.24) is 9.80 Å². The second-order valence-corrected chi connectivity index (χ2v) is 8.82. The number of ether oxygens (including phenoxy) is 3. The summed E-state index contributed by atoms with van der Waals surface area (Å²) in [5.41, 5.74) is 1.12. The first kappa shape index (κ1) is 27.1. The maximum absolute atomic E-state index is 13.3. The van der Waals surface area contributed by atoms with E-state index in [1.54, 1.807) is 49.6 Å². The van der Waals surface area contributed by atoms with E-state index in [1.807, 2.05) is 13.8 Å². The number of hydrogen-bond donors (Lipinski definition) is 1. The summed E-state index contributed by atoms with van der Waals surface area (Å²) in [5, 5.41) is 11.3. The van der Waals surface area contributed by atoms with Crippen LogP contribution in [0.4, 0.5) is 0 Å². The van der Waals surface area contributed by atoms with Crippen LogP contribution in [-0.4, -0.2) is 73.1 Å². The number of carbonyl (C=O) groups is 2. The summed E-state index contributed by atoms with van der Waals surface area (Å²) in [4.78, 5) is 30.2. The molecular formula is C28H36N2O6. The number of rotatable bonds is 11. The molecule has 3 rings (SSSR count). The van der Waals surface area contributed by atoms with Gasteiger partial charge in [-0.15, -0.1) is 0 Å². The van der Waals surface area contributed by atoms with Crippen molar-refractivity contribution in [1.29, 1.82) is 0 Å². The van der Waals surface area contributed by atoms with Crippen molar-refractivity contribution >= 4 is 17.4 Å². The molecule has 2 aromatic carbocycles. The molecule has 0 bridgehead atoms. The van der Waals surface area contributed by atoms with E-state index < -0.39 is 17.7 Å². The van der Waals surface area contributed by atoms with E-state index >= 15 is 0 Å². The predicted octanol–water partition coefficient (Wildman–Crippen LogP) is 4.25. The van der Waals surface area contributed by atoms with Gasteiger partial charge in [0.2, 0.25) is 0 Å². The number of methoxy groups -OCH3 is 2. The topological polar surface area (TPSA) is 88.5 Å². The van der Waals surface area contributed by atoms with Crippen LogP contribution in [0.5, 0.6) is 17.2 Å². The summed E-state index contributed by atoms with van der Waals surface area (Å²) in [5.74, 6) is 0.0754.